The maximum absolute atomic E-state index is 11.6. The van der Waals surface area contributed by atoms with Gasteiger partial charge in [0.05, 0.1) is 5.52 Å². The number of para-hydroxylation sites is 1. The molecular weight excluding hydrogens is 188 g/mol. The largest absolute Gasteiger partial charge is 0.348 e. The normalized spacial score (nSPS) is 15.7. The lowest BCUT2D eigenvalue weighted by atomic mass is 10.2. The van der Waals surface area contributed by atoms with Crippen LogP contribution in [0.3, 0.4) is 0 Å². The van der Waals surface area contributed by atoms with E-state index in [1.807, 2.05) is 24.3 Å². The molecule has 0 radical (unpaired) electrons. The van der Waals surface area contributed by atoms with Crippen LogP contribution in [-0.2, 0) is 6.54 Å². The van der Waals surface area contributed by atoms with E-state index in [0.29, 0.717) is 5.92 Å². The van der Waals surface area contributed by atoms with Gasteiger partial charge in [-0.2, -0.15) is 0 Å². The summed E-state index contributed by atoms with van der Waals surface area (Å²) < 4.78 is 1.80. The standard InChI is InChI=1S/C12H12N2O/c15-12-13-7-10-3-1-2-4-11(10)14(12)8-9-5-6-9/h1-4,7,9H,5-6,8H2. The quantitative estimate of drug-likeness (QED) is 0.741. The average molecular weight is 200 g/mol. The minimum Gasteiger partial charge on any atom is -0.292 e. The summed E-state index contributed by atoms with van der Waals surface area (Å²) in [5, 5.41) is 1.04. The summed E-state index contributed by atoms with van der Waals surface area (Å²) in [4.78, 5) is 15.5. The lowest BCUT2D eigenvalue weighted by molar-refractivity contribution is 0.613. The first-order valence-electron chi connectivity index (χ1n) is 5.29. The first-order valence-corrected chi connectivity index (χ1v) is 5.29. The highest BCUT2D eigenvalue weighted by Gasteiger charge is 2.22. The molecular formula is C12H12N2O. The Labute approximate surface area is 87.4 Å². The van der Waals surface area contributed by atoms with Crippen molar-refractivity contribution in [2.75, 3.05) is 0 Å². The van der Waals surface area contributed by atoms with Crippen molar-refractivity contribution >= 4 is 10.9 Å². The summed E-state index contributed by atoms with van der Waals surface area (Å²) in [6.45, 7) is 0.827. The second-order valence-corrected chi connectivity index (χ2v) is 4.15. The van der Waals surface area contributed by atoms with E-state index >= 15 is 0 Å². The van der Waals surface area contributed by atoms with Crippen molar-refractivity contribution in [1.29, 1.82) is 0 Å². The molecule has 0 saturated heterocycles. The molecule has 76 valence electrons. The van der Waals surface area contributed by atoms with Crippen LogP contribution in [0.2, 0.25) is 0 Å². The molecule has 15 heavy (non-hydrogen) atoms. The average Bonchev–Trinajstić information content (AvgIpc) is 3.06. The lowest BCUT2D eigenvalue weighted by Gasteiger charge is -2.07. The van der Waals surface area contributed by atoms with Gasteiger partial charge in [0.15, 0.2) is 0 Å². The Balaban J connectivity index is 2.22. The van der Waals surface area contributed by atoms with Gasteiger partial charge in [0, 0.05) is 18.1 Å². The molecule has 0 aliphatic heterocycles. The van der Waals surface area contributed by atoms with Crippen molar-refractivity contribution in [1.82, 2.24) is 9.55 Å². The van der Waals surface area contributed by atoms with Crippen molar-refractivity contribution in [3.8, 4) is 0 Å². The zero-order valence-electron chi connectivity index (χ0n) is 8.39. The Kier molecular flexibility index (Phi) is 1.84. The molecule has 1 saturated carbocycles. The van der Waals surface area contributed by atoms with E-state index in [2.05, 4.69) is 4.98 Å². The van der Waals surface area contributed by atoms with Crippen molar-refractivity contribution in [2.45, 2.75) is 19.4 Å². The predicted molar refractivity (Wildman–Crippen MR) is 58.7 cm³/mol. The SMILES string of the molecule is O=c1ncc2ccccc2n1CC1CC1. The Morgan fingerprint density at radius 3 is 2.93 bits per heavy atom. The van der Waals surface area contributed by atoms with Gasteiger partial charge in [-0.15, -0.1) is 0 Å². The predicted octanol–water partition coefficient (Wildman–Crippen LogP) is 1.81. The van der Waals surface area contributed by atoms with E-state index in [-0.39, 0.29) is 5.69 Å². The highest BCUT2D eigenvalue weighted by atomic mass is 16.1. The first-order chi connectivity index (χ1) is 7.34. The molecule has 3 heteroatoms. The second-order valence-electron chi connectivity index (χ2n) is 4.15. The Morgan fingerprint density at radius 2 is 2.13 bits per heavy atom. The van der Waals surface area contributed by atoms with Crippen LogP contribution in [0.25, 0.3) is 10.9 Å². The smallest absolute Gasteiger partial charge is 0.292 e. The second kappa shape index (κ2) is 3.19. The van der Waals surface area contributed by atoms with Crippen LogP contribution in [0.5, 0.6) is 0 Å². The third-order valence-corrected chi connectivity index (χ3v) is 2.91. The van der Waals surface area contributed by atoms with Gasteiger partial charge < -0.3 is 0 Å². The highest BCUT2D eigenvalue weighted by molar-refractivity contribution is 5.77. The van der Waals surface area contributed by atoms with Crippen molar-refractivity contribution in [3.63, 3.8) is 0 Å². The molecule has 1 aromatic carbocycles. The summed E-state index contributed by atoms with van der Waals surface area (Å²) in [6.07, 6.45) is 4.15. The van der Waals surface area contributed by atoms with Crippen LogP contribution < -0.4 is 5.69 Å². The van der Waals surface area contributed by atoms with Crippen LogP contribution >= 0.6 is 0 Å². The summed E-state index contributed by atoms with van der Waals surface area (Å²) in [5.74, 6) is 0.690. The summed E-state index contributed by atoms with van der Waals surface area (Å²) in [6, 6.07) is 7.91. The van der Waals surface area contributed by atoms with Crippen LogP contribution in [0.15, 0.2) is 35.3 Å². The zero-order valence-corrected chi connectivity index (χ0v) is 8.39. The van der Waals surface area contributed by atoms with Gasteiger partial charge in [-0.1, -0.05) is 18.2 Å². The topological polar surface area (TPSA) is 34.9 Å². The first kappa shape index (κ1) is 8.65. The molecule has 0 amide bonds. The van der Waals surface area contributed by atoms with Gasteiger partial charge in [-0.25, -0.2) is 9.78 Å². The molecule has 1 aliphatic carbocycles. The maximum Gasteiger partial charge on any atom is 0.348 e. The van der Waals surface area contributed by atoms with Crippen LogP contribution in [0.4, 0.5) is 0 Å². The van der Waals surface area contributed by atoms with Crippen molar-refractivity contribution < 1.29 is 0 Å². The number of aromatic nitrogens is 2. The van der Waals surface area contributed by atoms with Gasteiger partial charge in [-0.05, 0) is 24.8 Å². The fourth-order valence-electron chi connectivity index (χ4n) is 1.88. The van der Waals surface area contributed by atoms with E-state index in [0.717, 1.165) is 17.4 Å². The molecule has 0 unspecified atom stereocenters. The van der Waals surface area contributed by atoms with Gasteiger partial charge >= 0.3 is 5.69 Å². The molecule has 1 fully saturated rings. The van der Waals surface area contributed by atoms with Gasteiger partial charge in [0.25, 0.3) is 0 Å². The molecule has 0 spiro atoms. The van der Waals surface area contributed by atoms with Crippen LogP contribution in [0.1, 0.15) is 12.8 Å². The number of nitrogens with zero attached hydrogens (tertiary/aromatic N) is 2. The number of hydrogen-bond acceptors (Lipinski definition) is 2. The third-order valence-electron chi connectivity index (χ3n) is 2.91. The summed E-state index contributed by atoms with van der Waals surface area (Å²) in [7, 11) is 0. The number of rotatable bonds is 2. The third kappa shape index (κ3) is 1.54. The molecule has 0 bridgehead atoms. The number of hydrogen-bond donors (Lipinski definition) is 0. The molecule has 0 N–H and O–H groups in total. The van der Waals surface area contributed by atoms with E-state index in [1.165, 1.54) is 12.8 Å². The minimum atomic E-state index is -0.124. The van der Waals surface area contributed by atoms with Gasteiger partial charge in [-0.3, -0.25) is 4.57 Å². The van der Waals surface area contributed by atoms with Gasteiger partial charge in [0.2, 0.25) is 0 Å². The number of fused-ring (bicyclic) bond motifs is 1. The van der Waals surface area contributed by atoms with E-state index in [4.69, 9.17) is 0 Å². The van der Waals surface area contributed by atoms with Gasteiger partial charge in [0.1, 0.15) is 0 Å². The Bertz CT molecular complexity index is 555. The molecule has 1 heterocycles. The zero-order chi connectivity index (χ0) is 10.3. The fourth-order valence-corrected chi connectivity index (χ4v) is 1.88. The molecule has 3 rings (SSSR count). The van der Waals surface area contributed by atoms with Crippen molar-refractivity contribution in [2.24, 2.45) is 5.92 Å². The molecule has 2 aromatic rings. The summed E-state index contributed by atoms with van der Waals surface area (Å²) >= 11 is 0. The fraction of sp³-hybridized carbons (Fsp3) is 0.333. The van der Waals surface area contributed by atoms with E-state index in [9.17, 15) is 4.79 Å². The highest BCUT2D eigenvalue weighted by Crippen LogP contribution is 2.30. The van der Waals surface area contributed by atoms with Crippen molar-refractivity contribution in [3.05, 3.63) is 40.9 Å². The monoisotopic (exact) mass is 200 g/mol. The lowest BCUT2D eigenvalue weighted by Crippen LogP contribution is -2.23. The van der Waals surface area contributed by atoms with Crippen LogP contribution in [0, 0.1) is 5.92 Å². The Hall–Kier alpha value is -1.64. The summed E-state index contributed by atoms with van der Waals surface area (Å²) in [5.41, 5.74) is 0.880. The van der Waals surface area contributed by atoms with Crippen LogP contribution in [-0.4, -0.2) is 9.55 Å². The van der Waals surface area contributed by atoms with E-state index in [1.54, 1.807) is 10.8 Å². The molecule has 0 atom stereocenters. The molecule has 1 aromatic heterocycles. The number of benzene rings is 1. The minimum absolute atomic E-state index is 0.124. The molecule has 1 aliphatic rings. The van der Waals surface area contributed by atoms with E-state index < -0.39 is 0 Å². The Morgan fingerprint density at radius 1 is 1.33 bits per heavy atom. The maximum atomic E-state index is 11.6. The molecule has 3 nitrogen and oxygen atoms in total.